The second-order valence-corrected chi connectivity index (χ2v) is 4.49. The van der Waals surface area contributed by atoms with Gasteiger partial charge in [-0.3, -0.25) is 10.4 Å². The maximum Gasteiger partial charge on any atom is 0.210 e. The number of methoxy groups -OCH3 is 1. The zero-order chi connectivity index (χ0) is 13.4. The summed E-state index contributed by atoms with van der Waals surface area (Å²) >= 11 is 0. The van der Waals surface area contributed by atoms with Gasteiger partial charge in [-0.15, -0.1) is 0 Å². The highest BCUT2D eigenvalue weighted by molar-refractivity contribution is 5.93. The number of rotatable bonds is 5. The van der Waals surface area contributed by atoms with Gasteiger partial charge in [0.15, 0.2) is 0 Å². The van der Waals surface area contributed by atoms with Crippen LogP contribution in [0.4, 0.5) is 5.69 Å². The van der Waals surface area contributed by atoms with Crippen LogP contribution in [0.5, 0.6) is 0 Å². The molecule has 1 aromatic carbocycles. The number of benzene rings is 1. The summed E-state index contributed by atoms with van der Waals surface area (Å²) in [7, 11) is 1.68. The fraction of sp³-hybridized carbons (Fsp3) is 0.462. The van der Waals surface area contributed by atoms with Crippen molar-refractivity contribution in [3.05, 3.63) is 29.8 Å². The molecule has 0 atom stereocenters. The van der Waals surface area contributed by atoms with Crippen molar-refractivity contribution in [3.63, 3.8) is 0 Å². The van der Waals surface area contributed by atoms with Crippen LogP contribution in [0.3, 0.4) is 0 Å². The number of anilines is 1. The number of guanidine groups is 1. The fourth-order valence-corrected chi connectivity index (χ4v) is 1.44. The monoisotopic (exact) mass is 250 g/mol. The van der Waals surface area contributed by atoms with Crippen LogP contribution in [0.15, 0.2) is 29.3 Å². The highest BCUT2D eigenvalue weighted by atomic mass is 16.5. The average molecular weight is 250 g/mol. The normalized spacial score (nSPS) is 11.7. The SMILES string of the molecule is COCc1cccc(NC(=NCC(C)C)NN)c1. The Labute approximate surface area is 108 Å². The van der Waals surface area contributed by atoms with Crippen LogP contribution in [0, 0.1) is 5.92 Å². The molecule has 100 valence electrons. The van der Waals surface area contributed by atoms with Gasteiger partial charge in [-0.2, -0.15) is 0 Å². The largest absolute Gasteiger partial charge is 0.380 e. The molecule has 0 amide bonds. The lowest BCUT2D eigenvalue weighted by Crippen LogP contribution is -2.36. The molecular weight excluding hydrogens is 228 g/mol. The van der Waals surface area contributed by atoms with Crippen molar-refractivity contribution >= 4 is 11.6 Å². The minimum absolute atomic E-state index is 0.495. The molecule has 0 heterocycles. The first-order valence-corrected chi connectivity index (χ1v) is 6.01. The van der Waals surface area contributed by atoms with Crippen molar-refractivity contribution in [2.75, 3.05) is 19.0 Å². The summed E-state index contributed by atoms with van der Waals surface area (Å²) in [4.78, 5) is 4.35. The van der Waals surface area contributed by atoms with Gasteiger partial charge in [0.1, 0.15) is 0 Å². The number of ether oxygens (including phenoxy) is 1. The molecule has 0 bridgehead atoms. The van der Waals surface area contributed by atoms with Gasteiger partial charge in [0.2, 0.25) is 5.96 Å². The Hall–Kier alpha value is -1.59. The molecule has 1 rings (SSSR count). The number of hydrogen-bond donors (Lipinski definition) is 3. The van der Waals surface area contributed by atoms with E-state index in [9.17, 15) is 0 Å². The molecule has 0 radical (unpaired) electrons. The van der Waals surface area contributed by atoms with E-state index in [-0.39, 0.29) is 0 Å². The van der Waals surface area contributed by atoms with E-state index in [1.165, 1.54) is 0 Å². The Bertz CT molecular complexity index is 390. The summed E-state index contributed by atoms with van der Waals surface area (Å²) in [5.41, 5.74) is 4.60. The first kappa shape index (κ1) is 14.5. The van der Waals surface area contributed by atoms with Gasteiger partial charge >= 0.3 is 0 Å². The molecule has 4 N–H and O–H groups in total. The van der Waals surface area contributed by atoms with E-state index in [4.69, 9.17) is 10.6 Å². The molecule has 18 heavy (non-hydrogen) atoms. The lowest BCUT2D eigenvalue weighted by Gasteiger charge is -2.11. The first-order valence-electron chi connectivity index (χ1n) is 6.01. The number of nitrogens with two attached hydrogens (primary N) is 1. The summed E-state index contributed by atoms with van der Waals surface area (Å²) in [5, 5.41) is 3.14. The van der Waals surface area contributed by atoms with Gasteiger partial charge in [0.05, 0.1) is 6.61 Å². The van der Waals surface area contributed by atoms with Gasteiger partial charge in [-0.1, -0.05) is 26.0 Å². The van der Waals surface area contributed by atoms with Crippen LogP contribution in [0.2, 0.25) is 0 Å². The summed E-state index contributed by atoms with van der Waals surface area (Å²) in [6.45, 7) is 5.53. The van der Waals surface area contributed by atoms with E-state index in [0.717, 1.165) is 17.8 Å². The Kier molecular flexibility index (Phi) is 6.18. The molecule has 0 aromatic heterocycles. The number of hydrogen-bond acceptors (Lipinski definition) is 3. The van der Waals surface area contributed by atoms with Crippen LogP contribution < -0.4 is 16.6 Å². The molecule has 0 unspecified atom stereocenters. The Morgan fingerprint density at radius 1 is 1.44 bits per heavy atom. The van der Waals surface area contributed by atoms with Gasteiger partial charge in [-0.25, -0.2) is 5.84 Å². The molecule has 0 saturated carbocycles. The zero-order valence-electron chi connectivity index (χ0n) is 11.2. The smallest absolute Gasteiger partial charge is 0.210 e. The molecule has 0 saturated heterocycles. The second-order valence-electron chi connectivity index (χ2n) is 4.49. The maximum atomic E-state index is 5.44. The molecule has 0 spiro atoms. The Morgan fingerprint density at radius 3 is 2.83 bits per heavy atom. The predicted molar refractivity (Wildman–Crippen MR) is 75.2 cm³/mol. The number of nitrogens with zero attached hydrogens (tertiary/aromatic N) is 1. The summed E-state index contributed by atoms with van der Waals surface area (Å²) in [6, 6.07) is 7.94. The van der Waals surface area contributed by atoms with Gasteiger partial charge in [-0.05, 0) is 23.6 Å². The van der Waals surface area contributed by atoms with Crippen molar-refractivity contribution in [1.29, 1.82) is 0 Å². The van der Waals surface area contributed by atoms with Crippen molar-refractivity contribution in [2.24, 2.45) is 16.8 Å². The van der Waals surface area contributed by atoms with Crippen LogP contribution in [-0.4, -0.2) is 19.6 Å². The van der Waals surface area contributed by atoms with Crippen molar-refractivity contribution in [3.8, 4) is 0 Å². The molecule has 0 fully saturated rings. The Balaban J connectivity index is 2.69. The maximum absolute atomic E-state index is 5.44. The fourth-order valence-electron chi connectivity index (χ4n) is 1.44. The number of hydrazine groups is 1. The van der Waals surface area contributed by atoms with E-state index in [0.29, 0.717) is 18.5 Å². The van der Waals surface area contributed by atoms with Crippen LogP contribution in [0.1, 0.15) is 19.4 Å². The zero-order valence-corrected chi connectivity index (χ0v) is 11.2. The first-order chi connectivity index (χ1) is 8.65. The van der Waals surface area contributed by atoms with Gasteiger partial charge in [0, 0.05) is 19.3 Å². The van der Waals surface area contributed by atoms with Gasteiger partial charge in [0.25, 0.3) is 0 Å². The molecule has 0 aliphatic carbocycles. The molecule has 1 aromatic rings. The van der Waals surface area contributed by atoms with E-state index in [2.05, 4.69) is 29.6 Å². The molecule has 0 aliphatic rings. The van der Waals surface area contributed by atoms with Crippen molar-refractivity contribution in [1.82, 2.24) is 5.43 Å². The molecule has 0 aliphatic heterocycles. The summed E-state index contributed by atoms with van der Waals surface area (Å²) in [5.74, 6) is 6.50. The minimum atomic E-state index is 0.495. The lowest BCUT2D eigenvalue weighted by atomic mass is 10.2. The topological polar surface area (TPSA) is 71.7 Å². The quantitative estimate of drug-likeness (QED) is 0.322. The number of nitrogens with one attached hydrogen (secondary N) is 2. The van der Waals surface area contributed by atoms with Gasteiger partial charge < -0.3 is 10.1 Å². The summed E-state index contributed by atoms with van der Waals surface area (Å²) in [6.07, 6.45) is 0. The molecular formula is C13H22N4O. The highest BCUT2D eigenvalue weighted by Gasteiger charge is 2.00. The van der Waals surface area contributed by atoms with Crippen LogP contribution in [-0.2, 0) is 11.3 Å². The van der Waals surface area contributed by atoms with Crippen molar-refractivity contribution in [2.45, 2.75) is 20.5 Å². The van der Waals surface area contributed by atoms with Crippen LogP contribution >= 0.6 is 0 Å². The molecule has 5 heteroatoms. The molecule has 5 nitrogen and oxygen atoms in total. The summed E-state index contributed by atoms with van der Waals surface area (Å²) < 4.78 is 5.09. The van der Waals surface area contributed by atoms with Crippen LogP contribution in [0.25, 0.3) is 0 Å². The average Bonchev–Trinajstić information content (AvgIpc) is 2.35. The third kappa shape index (κ3) is 5.16. The highest BCUT2D eigenvalue weighted by Crippen LogP contribution is 2.11. The van der Waals surface area contributed by atoms with E-state index < -0.39 is 0 Å². The van der Waals surface area contributed by atoms with E-state index in [1.54, 1.807) is 7.11 Å². The van der Waals surface area contributed by atoms with E-state index >= 15 is 0 Å². The minimum Gasteiger partial charge on any atom is -0.380 e. The third-order valence-corrected chi connectivity index (χ3v) is 2.25. The standard InChI is InChI=1S/C13H22N4O/c1-10(2)8-15-13(17-14)16-12-6-4-5-11(7-12)9-18-3/h4-7,10H,8-9,14H2,1-3H3,(H2,15,16,17). The predicted octanol–water partition coefficient (Wildman–Crippen LogP) is 1.72. The second kappa shape index (κ2) is 7.68. The van der Waals surface area contributed by atoms with E-state index in [1.807, 2.05) is 24.3 Å². The third-order valence-electron chi connectivity index (χ3n) is 2.25. The lowest BCUT2D eigenvalue weighted by molar-refractivity contribution is 0.185. The number of aliphatic imine (C=N–C) groups is 1. The Morgan fingerprint density at radius 2 is 2.22 bits per heavy atom. The van der Waals surface area contributed by atoms with Crippen molar-refractivity contribution < 1.29 is 4.74 Å².